The third-order valence-electron chi connectivity index (χ3n) is 5.58. The van der Waals surface area contributed by atoms with E-state index in [0.29, 0.717) is 5.92 Å². The Hall–Kier alpha value is 0.0112. The van der Waals surface area contributed by atoms with Crippen LogP contribution in [0.3, 0.4) is 0 Å². The van der Waals surface area contributed by atoms with E-state index in [0.717, 1.165) is 5.75 Å². The summed E-state index contributed by atoms with van der Waals surface area (Å²) < 4.78 is 8.55. The molecule has 1 aliphatic rings. The second kappa shape index (κ2) is 10.2. The SMILES string of the molecule is CC1=C(C)C(C)[C]([Ti]([O]c2cc(C)cc(C(C)(C)C)c2)[SiH](C)C)=C1C.Cl.Cl. The van der Waals surface area contributed by atoms with Crippen molar-refractivity contribution in [1.82, 2.24) is 0 Å². The second-order valence-electron chi connectivity index (χ2n) is 8.97. The molecular weight excluding hydrogens is 427 g/mol. The van der Waals surface area contributed by atoms with Gasteiger partial charge in [0.1, 0.15) is 0 Å². The van der Waals surface area contributed by atoms with Crippen molar-refractivity contribution in [3.63, 3.8) is 0 Å². The van der Waals surface area contributed by atoms with Gasteiger partial charge in [-0.1, -0.05) is 0 Å². The Morgan fingerprint density at radius 1 is 0.926 bits per heavy atom. The van der Waals surface area contributed by atoms with Crippen molar-refractivity contribution < 1.29 is 20.8 Å². The first-order valence-corrected chi connectivity index (χ1v) is 16.5. The first-order valence-electron chi connectivity index (χ1n) is 9.49. The summed E-state index contributed by atoms with van der Waals surface area (Å²) in [5, 5.41) is 0. The van der Waals surface area contributed by atoms with Gasteiger partial charge in [-0.15, -0.1) is 24.8 Å². The van der Waals surface area contributed by atoms with Crippen molar-refractivity contribution in [2.75, 3.05) is 0 Å². The Bertz CT molecular complexity index is 732. The zero-order valence-corrected chi connectivity index (χ0v) is 23.0. The molecule has 0 heterocycles. The van der Waals surface area contributed by atoms with Gasteiger partial charge in [-0.25, -0.2) is 0 Å². The predicted octanol–water partition coefficient (Wildman–Crippen LogP) is 7.29. The summed E-state index contributed by atoms with van der Waals surface area (Å²) in [6, 6.07) is 6.83. The van der Waals surface area contributed by atoms with Crippen molar-refractivity contribution in [3.05, 3.63) is 49.9 Å². The van der Waals surface area contributed by atoms with Crippen molar-refractivity contribution >= 4 is 31.5 Å². The van der Waals surface area contributed by atoms with Crippen LogP contribution in [0.4, 0.5) is 0 Å². The molecule has 1 nitrogen and oxygen atoms in total. The minimum Gasteiger partial charge on any atom is -0.147 e. The van der Waals surface area contributed by atoms with Gasteiger partial charge >= 0.3 is 163 Å². The Balaban J connectivity index is 0.00000338. The molecule has 0 radical (unpaired) electrons. The smallest absolute Gasteiger partial charge is 0.147 e. The zero-order chi connectivity index (χ0) is 19.1. The number of halogens is 2. The Morgan fingerprint density at radius 3 is 1.89 bits per heavy atom. The second-order valence-corrected chi connectivity index (χ2v) is 21.2. The predicted molar refractivity (Wildman–Crippen MR) is 124 cm³/mol. The van der Waals surface area contributed by atoms with Crippen LogP contribution in [-0.2, 0) is 22.9 Å². The molecule has 27 heavy (non-hydrogen) atoms. The molecular formula is C22H37Cl2OSiTi. The number of hydrogen-bond donors (Lipinski definition) is 0. The first-order chi connectivity index (χ1) is 11.4. The molecule has 0 amide bonds. The zero-order valence-electron chi connectivity index (χ0n) is 18.6. The fraction of sp³-hybridized carbons (Fsp3) is 0.545. The standard InChI is InChI=1S/C11H16O.C9H13.C2H7Si.2ClH.Ti/c1-8-5-9(11(2,3)4)7-10(12)6-8;1-6-5-7(2)9(4)8(6)3;1-3-2;;;/h5-7,12H,1-4H3;6H,1-4H3;3H,1-2H3;2*1H;/q;;;;;+1/p-1. The molecule has 0 saturated carbocycles. The van der Waals surface area contributed by atoms with Gasteiger partial charge < -0.3 is 0 Å². The van der Waals surface area contributed by atoms with E-state index < -0.39 is 24.2 Å². The van der Waals surface area contributed by atoms with Gasteiger partial charge in [0.15, 0.2) is 0 Å². The molecule has 0 aliphatic heterocycles. The van der Waals surface area contributed by atoms with E-state index >= 15 is 0 Å². The molecule has 0 aromatic heterocycles. The quantitative estimate of drug-likeness (QED) is 0.425. The number of hydrogen-bond acceptors (Lipinski definition) is 1. The summed E-state index contributed by atoms with van der Waals surface area (Å²) in [6.07, 6.45) is 0. The molecule has 0 saturated heterocycles. The molecule has 0 spiro atoms. The van der Waals surface area contributed by atoms with Crippen LogP contribution in [0.1, 0.15) is 59.6 Å². The van der Waals surface area contributed by atoms with Gasteiger partial charge in [0, 0.05) is 0 Å². The minimum atomic E-state index is -1.73. The maximum atomic E-state index is 6.86. The topological polar surface area (TPSA) is 9.23 Å². The van der Waals surface area contributed by atoms with Crippen molar-refractivity contribution in [2.45, 2.75) is 73.9 Å². The summed E-state index contributed by atoms with van der Waals surface area (Å²) in [7, 11) is 0. The Labute approximate surface area is 187 Å². The average molecular weight is 464 g/mol. The summed E-state index contributed by atoms with van der Waals surface area (Å²) in [5.41, 5.74) is 7.43. The number of benzene rings is 1. The molecule has 1 atom stereocenters. The van der Waals surface area contributed by atoms with Crippen LogP contribution in [0.2, 0.25) is 13.1 Å². The van der Waals surface area contributed by atoms with E-state index in [9.17, 15) is 0 Å². The van der Waals surface area contributed by atoms with Crippen LogP contribution < -0.4 is 3.32 Å². The average Bonchev–Trinajstić information content (AvgIpc) is 2.67. The van der Waals surface area contributed by atoms with Crippen LogP contribution in [0, 0.1) is 12.8 Å². The van der Waals surface area contributed by atoms with Gasteiger partial charge in [-0.05, 0) is 0 Å². The molecule has 5 heteroatoms. The Morgan fingerprint density at radius 2 is 1.48 bits per heavy atom. The fourth-order valence-electron chi connectivity index (χ4n) is 3.61. The number of aryl methyl sites for hydroxylation is 1. The largest absolute Gasteiger partial charge is 0.147 e. The minimum absolute atomic E-state index is 0. The van der Waals surface area contributed by atoms with Gasteiger partial charge in [0.25, 0.3) is 0 Å². The molecule has 0 N–H and O–H groups in total. The van der Waals surface area contributed by atoms with Crippen LogP contribution in [0.5, 0.6) is 5.75 Å². The van der Waals surface area contributed by atoms with Gasteiger partial charge in [0.2, 0.25) is 0 Å². The van der Waals surface area contributed by atoms with E-state index in [2.05, 4.69) is 86.7 Å². The summed E-state index contributed by atoms with van der Waals surface area (Å²) >= 11 is -1.73. The van der Waals surface area contributed by atoms with E-state index in [1.54, 1.807) is 9.45 Å². The van der Waals surface area contributed by atoms with Crippen molar-refractivity contribution in [3.8, 4) is 5.75 Å². The van der Waals surface area contributed by atoms with Crippen molar-refractivity contribution in [2.24, 2.45) is 5.92 Å². The number of rotatable bonds is 4. The molecule has 1 aromatic carbocycles. The van der Waals surface area contributed by atoms with Crippen LogP contribution in [0.25, 0.3) is 0 Å². The number of allylic oxidation sites excluding steroid dienone is 4. The molecule has 1 aromatic rings. The van der Waals surface area contributed by atoms with Crippen molar-refractivity contribution in [1.29, 1.82) is 0 Å². The maximum Gasteiger partial charge on any atom is -0.147 e. The van der Waals surface area contributed by atoms with Crippen LogP contribution >= 0.6 is 24.8 Å². The van der Waals surface area contributed by atoms with E-state index in [4.69, 9.17) is 3.32 Å². The first kappa shape index (κ1) is 27.0. The van der Waals surface area contributed by atoms with Gasteiger partial charge in [-0.2, -0.15) is 0 Å². The third-order valence-corrected chi connectivity index (χ3v) is 16.1. The molecule has 0 fully saturated rings. The summed E-state index contributed by atoms with van der Waals surface area (Å²) in [4.78, 5) is 0. The van der Waals surface area contributed by atoms with Gasteiger partial charge in [0.05, 0.1) is 0 Å². The molecule has 2 rings (SSSR count). The summed E-state index contributed by atoms with van der Waals surface area (Å²) in [6.45, 7) is 22.4. The molecule has 153 valence electrons. The molecule has 1 unspecified atom stereocenters. The maximum absolute atomic E-state index is 6.86. The molecule has 1 aliphatic carbocycles. The Kier molecular flexibility index (Phi) is 10.2. The third kappa shape index (κ3) is 6.00. The van der Waals surface area contributed by atoms with E-state index in [1.807, 2.05) is 0 Å². The van der Waals surface area contributed by atoms with Crippen LogP contribution in [0.15, 0.2) is 38.8 Å². The monoisotopic (exact) mass is 463 g/mol. The normalized spacial score (nSPS) is 17.1. The molecule has 0 bridgehead atoms. The van der Waals surface area contributed by atoms with Crippen LogP contribution in [-0.4, -0.2) is 6.66 Å². The fourth-order valence-corrected chi connectivity index (χ4v) is 13.6. The summed E-state index contributed by atoms with van der Waals surface area (Å²) in [5.74, 6) is 1.69. The van der Waals surface area contributed by atoms with E-state index in [1.165, 1.54) is 22.3 Å². The van der Waals surface area contributed by atoms with Gasteiger partial charge in [-0.3, -0.25) is 0 Å². The van der Waals surface area contributed by atoms with E-state index in [-0.39, 0.29) is 30.2 Å².